The molecule has 0 saturated heterocycles. The number of hydrogen-bond donors (Lipinski definition) is 2. The van der Waals surface area contributed by atoms with Crippen molar-refractivity contribution in [1.82, 2.24) is 0 Å². The van der Waals surface area contributed by atoms with Gasteiger partial charge >= 0.3 is 5.97 Å². The smallest absolute Gasteiger partial charge is 0.352 e. The van der Waals surface area contributed by atoms with Gasteiger partial charge in [-0.05, 0) is 44.2 Å². The quantitative estimate of drug-likeness (QED) is 0.260. The zero-order valence-corrected chi connectivity index (χ0v) is 15.7. The van der Waals surface area contributed by atoms with Crippen molar-refractivity contribution in [3.05, 3.63) is 76.1 Å². The number of rotatable bonds is 6. The van der Waals surface area contributed by atoms with Crippen LogP contribution in [0.2, 0.25) is 5.02 Å². The molecule has 2 aromatic carbocycles. The van der Waals surface area contributed by atoms with Crippen LogP contribution < -0.4 is 11.1 Å². The molecule has 0 aromatic heterocycles. The van der Waals surface area contributed by atoms with E-state index in [4.69, 9.17) is 22.1 Å². The van der Waals surface area contributed by atoms with Crippen molar-refractivity contribution in [2.75, 3.05) is 11.9 Å². The minimum atomic E-state index is -0.780. The molecule has 0 radical (unpaired) electrons. The van der Waals surface area contributed by atoms with E-state index in [0.29, 0.717) is 16.3 Å². The molecule has 6 nitrogen and oxygen atoms in total. The number of carbonyl (C=O) groups is 1. The van der Waals surface area contributed by atoms with Gasteiger partial charge in [0.1, 0.15) is 11.9 Å². The molecule has 0 spiro atoms. The first-order valence-electron chi connectivity index (χ1n) is 8.20. The Balaban J connectivity index is 2.51. The molecule has 0 aliphatic rings. The van der Waals surface area contributed by atoms with Gasteiger partial charge in [0, 0.05) is 16.3 Å². The summed E-state index contributed by atoms with van der Waals surface area (Å²) in [5.74, 6) is -0.623. The third-order valence-electron chi connectivity index (χ3n) is 3.48. The first-order chi connectivity index (χ1) is 12.9. The van der Waals surface area contributed by atoms with Crippen LogP contribution in [-0.4, -0.2) is 18.4 Å². The molecule has 0 heterocycles. The summed E-state index contributed by atoms with van der Waals surface area (Å²) in [6.07, 6.45) is 0. The number of carbonyl (C=O) groups excluding carboxylic acids is 1. The Morgan fingerprint density at radius 3 is 2.59 bits per heavy atom. The Morgan fingerprint density at radius 1 is 1.30 bits per heavy atom. The van der Waals surface area contributed by atoms with E-state index in [1.165, 1.54) is 0 Å². The Morgan fingerprint density at radius 2 is 2.00 bits per heavy atom. The summed E-state index contributed by atoms with van der Waals surface area (Å²) >= 11 is 5.90. The van der Waals surface area contributed by atoms with Crippen molar-refractivity contribution >= 4 is 29.1 Å². The SMILES string of the molecule is CCOC(=O)/C(C#N)=C(/N=C(\N)c1cccc(C)c1)Nc1ccc(Cl)cc1. The van der Waals surface area contributed by atoms with Crippen LogP contribution in [0.4, 0.5) is 5.69 Å². The molecule has 0 amide bonds. The van der Waals surface area contributed by atoms with Crippen molar-refractivity contribution in [2.24, 2.45) is 10.7 Å². The van der Waals surface area contributed by atoms with Gasteiger partial charge in [-0.3, -0.25) is 0 Å². The standard InChI is InChI=1S/C20H19ClN4O2/c1-3-27-20(26)17(12-22)19(24-16-9-7-15(21)8-10-16)25-18(23)14-6-4-5-13(2)11-14/h4-11,24H,3H2,1-2H3,(H2,23,25)/b19-17+. The van der Waals surface area contributed by atoms with Crippen LogP contribution in [0.1, 0.15) is 18.1 Å². The Bertz CT molecular complexity index is 928. The molecule has 0 aliphatic carbocycles. The fourth-order valence-corrected chi connectivity index (χ4v) is 2.33. The molecule has 0 fully saturated rings. The summed E-state index contributed by atoms with van der Waals surface area (Å²) in [6, 6.07) is 16.0. The lowest BCUT2D eigenvalue weighted by Gasteiger charge is -2.11. The maximum absolute atomic E-state index is 12.2. The summed E-state index contributed by atoms with van der Waals surface area (Å²) in [5.41, 5.74) is 8.10. The van der Waals surface area contributed by atoms with E-state index in [9.17, 15) is 10.1 Å². The van der Waals surface area contributed by atoms with E-state index < -0.39 is 5.97 Å². The third kappa shape index (κ3) is 5.59. The summed E-state index contributed by atoms with van der Waals surface area (Å²) in [6.45, 7) is 3.72. The van der Waals surface area contributed by atoms with Crippen molar-refractivity contribution in [2.45, 2.75) is 13.8 Å². The van der Waals surface area contributed by atoms with E-state index >= 15 is 0 Å². The average molecular weight is 383 g/mol. The molecular weight excluding hydrogens is 364 g/mol. The molecule has 0 atom stereocenters. The highest BCUT2D eigenvalue weighted by molar-refractivity contribution is 6.30. The number of benzene rings is 2. The number of hydrogen-bond acceptors (Lipinski definition) is 5. The van der Waals surface area contributed by atoms with Crippen LogP contribution in [0.25, 0.3) is 0 Å². The molecule has 0 bridgehead atoms. The summed E-state index contributed by atoms with van der Waals surface area (Å²) in [4.78, 5) is 16.4. The van der Waals surface area contributed by atoms with Gasteiger partial charge in [-0.25, -0.2) is 9.79 Å². The number of ether oxygens (including phenoxy) is 1. The predicted octanol–water partition coefficient (Wildman–Crippen LogP) is 3.76. The second-order valence-electron chi connectivity index (χ2n) is 5.55. The van der Waals surface area contributed by atoms with Crippen molar-refractivity contribution in [1.29, 1.82) is 5.26 Å². The molecular formula is C20H19ClN4O2. The van der Waals surface area contributed by atoms with E-state index in [1.54, 1.807) is 37.3 Å². The Hall–Kier alpha value is -3.30. The number of nitrogens with two attached hydrogens (primary N) is 1. The van der Waals surface area contributed by atoms with Crippen LogP contribution >= 0.6 is 11.6 Å². The van der Waals surface area contributed by atoms with Gasteiger partial charge in [0.2, 0.25) is 0 Å². The minimum Gasteiger partial charge on any atom is -0.462 e. The molecule has 7 heteroatoms. The molecule has 3 N–H and O–H groups in total. The van der Waals surface area contributed by atoms with Gasteiger partial charge in [0.15, 0.2) is 11.4 Å². The molecule has 2 aromatic rings. The number of aliphatic imine (C=N–C) groups is 1. The predicted molar refractivity (Wildman–Crippen MR) is 106 cm³/mol. The summed E-state index contributed by atoms with van der Waals surface area (Å²) in [7, 11) is 0. The largest absolute Gasteiger partial charge is 0.462 e. The number of nitriles is 1. The number of esters is 1. The number of amidine groups is 1. The topological polar surface area (TPSA) is 100 Å². The highest BCUT2D eigenvalue weighted by atomic mass is 35.5. The zero-order chi connectivity index (χ0) is 19.8. The highest BCUT2D eigenvalue weighted by Crippen LogP contribution is 2.18. The number of halogens is 1. The highest BCUT2D eigenvalue weighted by Gasteiger charge is 2.18. The first kappa shape index (κ1) is 20.0. The lowest BCUT2D eigenvalue weighted by molar-refractivity contribution is -0.138. The summed E-state index contributed by atoms with van der Waals surface area (Å²) < 4.78 is 4.95. The van der Waals surface area contributed by atoms with Gasteiger partial charge in [0.25, 0.3) is 0 Å². The van der Waals surface area contributed by atoms with Crippen LogP contribution in [0.5, 0.6) is 0 Å². The molecule has 0 aliphatic heterocycles. The second-order valence-corrected chi connectivity index (χ2v) is 5.99. The lowest BCUT2D eigenvalue weighted by Crippen LogP contribution is -2.18. The van der Waals surface area contributed by atoms with Crippen LogP contribution in [-0.2, 0) is 9.53 Å². The molecule has 27 heavy (non-hydrogen) atoms. The number of anilines is 1. The number of nitrogens with one attached hydrogen (secondary N) is 1. The molecule has 0 saturated carbocycles. The fourth-order valence-electron chi connectivity index (χ4n) is 2.20. The second kappa shape index (κ2) is 9.41. The van der Waals surface area contributed by atoms with Crippen molar-refractivity contribution < 1.29 is 9.53 Å². The third-order valence-corrected chi connectivity index (χ3v) is 3.73. The Labute approximate surface area is 162 Å². The first-order valence-corrected chi connectivity index (χ1v) is 8.57. The van der Waals surface area contributed by atoms with Crippen molar-refractivity contribution in [3.63, 3.8) is 0 Å². The molecule has 2 rings (SSSR count). The monoisotopic (exact) mass is 382 g/mol. The van der Waals surface area contributed by atoms with E-state index in [-0.39, 0.29) is 23.8 Å². The molecule has 138 valence electrons. The normalized spacial score (nSPS) is 12.0. The van der Waals surface area contributed by atoms with Gasteiger partial charge in [0.05, 0.1) is 6.61 Å². The lowest BCUT2D eigenvalue weighted by atomic mass is 10.1. The fraction of sp³-hybridized carbons (Fsp3) is 0.150. The van der Waals surface area contributed by atoms with Crippen LogP contribution in [0, 0.1) is 18.3 Å². The van der Waals surface area contributed by atoms with Crippen LogP contribution in [0.15, 0.2) is 64.9 Å². The van der Waals surface area contributed by atoms with E-state index in [2.05, 4.69) is 10.3 Å². The average Bonchev–Trinajstić information content (AvgIpc) is 2.64. The van der Waals surface area contributed by atoms with Gasteiger partial charge < -0.3 is 15.8 Å². The van der Waals surface area contributed by atoms with Gasteiger partial charge in [-0.2, -0.15) is 5.26 Å². The van der Waals surface area contributed by atoms with Crippen LogP contribution in [0.3, 0.4) is 0 Å². The maximum Gasteiger partial charge on any atom is 0.352 e. The van der Waals surface area contributed by atoms with E-state index in [1.807, 2.05) is 31.2 Å². The van der Waals surface area contributed by atoms with E-state index in [0.717, 1.165) is 5.56 Å². The van der Waals surface area contributed by atoms with Crippen molar-refractivity contribution in [3.8, 4) is 6.07 Å². The Kier molecular flexibility index (Phi) is 6.98. The summed E-state index contributed by atoms with van der Waals surface area (Å²) in [5, 5.41) is 13.0. The minimum absolute atomic E-state index is 0.00252. The maximum atomic E-state index is 12.2. The zero-order valence-electron chi connectivity index (χ0n) is 15.0. The number of nitrogens with zero attached hydrogens (tertiary/aromatic N) is 2. The van der Waals surface area contributed by atoms with Gasteiger partial charge in [-0.1, -0.05) is 35.4 Å². The van der Waals surface area contributed by atoms with Gasteiger partial charge in [-0.15, -0.1) is 0 Å². The molecule has 0 unspecified atom stereocenters. The number of aryl methyl sites for hydroxylation is 1.